The summed E-state index contributed by atoms with van der Waals surface area (Å²) in [6, 6.07) is 16.3. The highest BCUT2D eigenvalue weighted by Crippen LogP contribution is 2.19. The molecule has 0 spiro atoms. The van der Waals surface area contributed by atoms with E-state index in [1.165, 1.54) is 24.8 Å². The standard InChI is InChI=1S/C21H25N3O/c1-2-3-4-7-14-25-18-12-10-17(11-13-18)15-22-21-19-8-5-6-9-20(19)23-16-24-21/h5-6,8-13,16H,2-4,7,14-15H2,1H3,(H,22,23,24). The molecule has 1 N–H and O–H groups in total. The highest BCUT2D eigenvalue weighted by Gasteiger charge is 2.03. The summed E-state index contributed by atoms with van der Waals surface area (Å²) in [4.78, 5) is 8.65. The van der Waals surface area contributed by atoms with Gasteiger partial charge in [0, 0.05) is 11.9 Å². The van der Waals surface area contributed by atoms with Gasteiger partial charge in [-0.25, -0.2) is 9.97 Å². The number of nitrogens with zero attached hydrogens (tertiary/aromatic N) is 2. The van der Waals surface area contributed by atoms with Crippen LogP contribution in [-0.4, -0.2) is 16.6 Å². The second kappa shape index (κ2) is 9.02. The topological polar surface area (TPSA) is 47.0 Å². The van der Waals surface area contributed by atoms with Gasteiger partial charge in [0.05, 0.1) is 12.1 Å². The summed E-state index contributed by atoms with van der Waals surface area (Å²) in [6.07, 6.45) is 6.50. The summed E-state index contributed by atoms with van der Waals surface area (Å²) in [5, 5.41) is 4.44. The van der Waals surface area contributed by atoms with Gasteiger partial charge in [0.1, 0.15) is 17.9 Å². The molecule has 2 aromatic carbocycles. The van der Waals surface area contributed by atoms with E-state index in [-0.39, 0.29) is 0 Å². The minimum atomic E-state index is 0.720. The van der Waals surface area contributed by atoms with Gasteiger partial charge in [0.25, 0.3) is 0 Å². The molecule has 3 rings (SSSR count). The highest BCUT2D eigenvalue weighted by molar-refractivity contribution is 5.88. The number of ether oxygens (including phenoxy) is 1. The minimum Gasteiger partial charge on any atom is -0.494 e. The molecule has 0 radical (unpaired) electrons. The van der Waals surface area contributed by atoms with E-state index in [4.69, 9.17) is 4.74 Å². The van der Waals surface area contributed by atoms with E-state index in [0.717, 1.165) is 42.0 Å². The molecule has 1 heterocycles. The SMILES string of the molecule is CCCCCCOc1ccc(CNc2ncnc3ccccc23)cc1. The molecule has 0 fully saturated rings. The third kappa shape index (κ3) is 4.92. The molecule has 0 amide bonds. The summed E-state index contributed by atoms with van der Waals surface area (Å²) in [5.41, 5.74) is 2.15. The quantitative estimate of drug-likeness (QED) is 0.546. The van der Waals surface area contributed by atoms with Crippen LogP contribution in [0.1, 0.15) is 38.2 Å². The lowest BCUT2D eigenvalue weighted by molar-refractivity contribution is 0.305. The Balaban J connectivity index is 1.53. The molecule has 0 aliphatic carbocycles. The number of unbranched alkanes of at least 4 members (excludes halogenated alkanes) is 3. The number of hydrogen-bond acceptors (Lipinski definition) is 4. The molecule has 0 unspecified atom stereocenters. The lowest BCUT2D eigenvalue weighted by Gasteiger charge is -2.10. The fourth-order valence-electron chi connectivity index (χ4n) is 2.75. The van der Waals surface area contributed by atoms with E-state index in [1.54, 1.807) is 6.33 Å². The molecule has 4 nitrogen and oxygen atoms in total. The molecule has 1 aromatic heterocycles. The van der Waals surface area contributed by atoms with E-state index in [2.05, 4.69) is 34.3 Å². The third-order valence-corrected chi connectivity index (χ3v) is 4.19. The number of para-hydroxylation sites is 1. The maximum atomic E-state index is 5.79. The van der Waals surface area contributed by atoms with E-state index in [9.17, 15) is 0 Å². The fourth-order valence-corrected chi connectivity index (χ4v) is 2.75. The Bertz CT molecular complexity index is 781. The number of fused-ring (bicyclic) bond motifs is 1. The zero-order valence-electron chi connectivity index (χ0n) is 14.7. The van der Waals surface area contributed by atoms with Gasteiger partial charge in [0.2, 0.25) is 0 Å². The van der Waals surface area contributed by atoms with Crippen LogP contribution in [0.3, 0.4) is 0 Å². The minimum absolute atomic E-state index is 0.720. The van der Waals surface area contributed by atoms with Crippen LogP contribution in [0.15, 0.2) is 54.9 Å². The summed E-state index contributed by atoms with van der Waals surface area (Å²) >= 11 is 0. The van der Waals surface area contributed by atoms with Crippen LogP contribution in [-0.2, 0) is 6.54 Å². The Morgan fingerprint density at radius 2 is 1.76 bits per heavy atom. The van der Waals surface area contributed by atoms with Crippen molar-refractivity contribution in [3.05, 3.63) is 60.4 Å². The Labute approximate surface area is 149 Å². The first-order chi connectivity index (χ1) is 12.4. The maximum absolute atomic E-state index is 5.79. The van der Waals surface area contributed by atoms with Crippen LogP contribution in [0, 0.1) is 0 Å². The van der Waals surface area contributed by atoms with Crippen LogP contribution >= 0.6 is 0 Å². The van der Waals surface area contributed by atoms with Crippen molar-refractivity contribution in [2.75, 3.05) is 11.9 Å². The van der Waals surface area contributed by atoms with Gasteiger partial charge in [-0.05, 0) is 36.2 Å². The summed E-state index contributed by atoms with van der Waals surface area (Å²) in [6.45, 7) is 3.74. The Morgan fingerprint density at radius 1 is 0.920 bits per heavy atom. The normalized spacial score (nSPS) is 10.8. The molecule has 130 valence electrons. The van der Waals surface area contributed by atoms with Gasteiger partial charge in [-0.1, -0.05) is 50.5 Å². The summed E-state index contributed by atoms with van der Waals surface area (Å²) < 4.78 is 5.79. The Hall–Kier alpha value is -2.62. The van der Waals surface area contributed by atoms with Crippen LogP contribution in [0.4, 0.5) is 5.82 Å². The Kier molecular flexibility index (Phi) is 6.21. The largest absolute Gasteiger partial charge is 0.494 e. The molecule has 0 saturated carbocycles. The maximum Gasteiger partial charge on any atom is 0.137 e. The van der Waals surface area contributed by atoms with Crippen molar-refractivity contribution in [1.29, 1.82) is 0 Å². The molecule has 0 aliphatic heterocycles. The van der Waals surface area contributed by atoms with E-state index in [0.29, 0.717) is 0 Å². The van der Waals surface area contributed by atoms with Crippen LogP contribution in [0.2, 0.25) is 0 Å². The molecule has 25 heavy (non-hydrogen) atoms. The molecule has 4 heteroatoms. The van der Waals surface area contributed by atoms with Crippen LogP contribution in [0.25, 0.3) is 10.9 Å². The average molecular weight is 335 g/mol. The number of anilines is 1. The molecule has 0 atom stereocenters. The first-order valence-electron chi connectivity index (χ1n) is 9.02. The van der Waals surface area contributed by atoms with Gasteiger partial charge in [-0.15, -0.1) is 0 Å². The van der Waals surface area contributed by atoms with Gasteiger partial charge < -0.3 is 10.1 Å². The van der Waals surface area contributed by atoms with Crippen molar-refractivity contribution in [1.82, 2.24) is 9.97 Å². The van der Waals surface area contributed by atoms with Crippen molar-refractivity contribution in [2.45, 2.75) is 39.2 Å². The lowest BCUT2D eigenvalue weighted by Crippen LogP contribution is -2.03. The van der Waals surface area contributed by atoms with Crippen molar-refractivity contribution < 1.29 is 4.74 Å². The predicted molar refractivity (Wildman–Crippen MR) is 103 cm³/mol. The zero-order chi connectivity index (χ0) is 17.3. The zero-order valence-corrected chi connectivity index (χ0v) is 14.7. The average Bonchev–Trinajstić information content (AvgIpc) is 2.67. The van der Waals surface area contributed by atoms with E-state index >= 15 is 0 Å². The number of aromatic nitrogens is 2. The first-order valence-corrected chi connectivity index (χ1v) is 9.02. The van der Waals surface area contributed by atoms with Crippen molar-refractivity contribution in [3.63, 3.8) is 0 Å². The van der Waals surface area contributed by atoms with Gasteiger partial charge >= 0.3 is 0 Å². The van der Waals surface area contributed by atoms with Crippen LogP contribution in [0.5, 0.6) is 5.75 Å². The molecule has 3 aromatic rings. The van der Waals surface area contributed by atoms with Gasteiger partial charge in [0.15, 0.2) is 0 Å². The lowest BCUT2D eigenvalue weighted by atomic mass is 10.2. The van der Waals surface area contributed by atoms with Crippen LogP contribution < -0.4 is 10.1 Å². The summed E-state index contributed by atoms with van der Waals surface area (Å²) in [7, 11) is 0. The highest BCUT2D eigenvalue weighted by atomic mass is 16.5. The fraction of sp³-hybridized carbons (Fsp3) is 0.333. The molecule has 0 bridgehead atoms. The van der Waals surface area contributed by atoms with Crippen molar-refractivity contribution in [3.8, 4) is 5.75 Å². The van der Waals surface area contributed by atoms with E-state index in [1.807, 2.05) is 36.4 Å². The second-order valence-corrected chi connectivity index (χ2v) is 6.15. The van der Waals surface area contributed by atoms with Crippen molar-refractivity contribution >= 4 is 16.7 Å². The first kappa shape index (κ1) is 17.2. The smallest absolute Gasteiger partial charge is 0.137 e. The summed E-state index contributed by atoms with van der Waals surface area (Å²) in [5.74, 6) is 1.80. The molecular formula is C21H25N3O. The van der Waals surface area contributed by atoms with E-state index < -0.39 is 0 Å². The second-order valence-electron chi connectivity index (χ2n) is 6.15. The van der Waals surface area contributed by atoms with Gasteiger partial charge in [-0.2, -0.15) is 0 Å². The monoisotopic (exact) mass is 335 g/mol. The van der Waals surface area contributed by atoms with Crippen molar-refractivity contribution in [2.24, 2.45) is 0 Å². The number of rotatable bonds is 9. The number of hydrogen-bond donors (Lipinski definition) is 1. The molecule has 0 saturated heterocycles. The van der Waals surface area contributed by atoms with Gasteiger partial charge in [-0.3, -0.25) is 0 Å². The third-order valence-electron chi connectivity index (χ3n) is 4.19. The number of benzene rings is 2. The Morgan fingerprint density at radius 3 is 2.60 bits per heavy atom. The predicted octanol–water partition coefficient (Wildman–Crippen LogP) is 5.20. The molecule has 0 aliphatic rings. The molecular weight excluding hydrogens is 310 g/mol. The number of nitrogens with one attached hydrogen (secondary N) is 1.